The molecule has 26 heavy (non-hydrogen) atoms. The number of nitrogens with zero attached hydrogens (tertiary/aromatic N) is 3. The van der Waals surface area contributed by atoms with Gasteiger partial charge < -0.3 is 15.4 Å². The van der Waals surface area contributed by atoms with Crippen molar-refractivity contribution in [2.75, 3.05) is 24.3 Å². The van der Waals surface area contributed by atoms with Gasteiger partial charge in [0, 0.05) is 19.2 Å². The summed E-state index contributed by atoms with van der Waals surface area (Å²) in [5.41, 5.74) is -1.71. The van der Waals surface area contributed by atoms with Crippen LogP contribution in [0.2, 0.25) is 5.15 Å². The Kier molecular flexibility index (Phi) is 3.77. The monoisotopic (exact) mass is 405 g/mol. The topological polar surface area (TPSA) is 89.0 Å². The number of fused-ring (bicyclic) bond motifs is 1. The third-order valence-corrected chi connectivity index (χ3v) is 5.94. The van der Waals surface area contributed by atoms with Crippen LogP contribution in [0.1, 0.15) is 17.0 Å². The number of halogens is 4. The van der Waals surface area contributed by atoms with Crippen LogP contribution in [0.5, 0.6) is 0 Å². The van der Waals surface area contributed by atoms with Gasteiger partial charge >= 0.3 is 12.1 Å². The van der Waals surface area contributed by atoms with Crippen LogP contribution in [0.25, 0.3) is 0 Å². The molecule has 0 amide bonds. The first-order chi connectivity index (χ1) is 12.3. The van der Waals surface area contributed by atoms with Crippen LogP contribution in [0.15, 0.2) is 6.20 Å². The van der Waals surface area contributed by atoms with Gasteiger partial charge in [0.15, 0.2) is 5.15 Å². The van der Waals surface area contributed by atoms with E-state index in [2.05, 4.69) is 25.6 Å². The van der Waals surface area contributed by atoms with E-state index >= 15 is 0 Å². The Labute approximate surface area is 154 Å². The molecule has 0 aromatic carbocycles. The lowest BCUT2D eigenvalue weighted by Gasteiger charge is -2.12. The SMILES string of the molecule is CNc1nc(Nc2sc([C@]34C[C@H]3COC4=O)nc2Cl)ncc1C(F)(F)F. The summed E-state index contributed by atoms with van der Waals surface area (Å²) >= 11 is 7.25. The highest BCUT2D eigenvalue weighted by Crippen LogP contribution is 2.60. The molecule has 1 saturated carbocycles. The molecule has 0 bridgehead atoms. The van der Waals surface area contributed by atoms with Crippen molar-refractivity contribution in [1.29, 1.82) is 0 Å². The fraction of sp³-hybridized carbons (Fsp3) is 0.429. The zero-order valence-corrected chi connectivity index (χ0v) is 14.7. The molecule has 2 atom stereocenters. The van der Waals surface area contributed by atoms with Crippen LogP contribution in [0, 0.1) is 5.92 Å². The van der Waals surface area contributed by atoms with E-state index in [0.29, 0.717) is 29.2 Å². The summed E-state index contributed by atoms with van der Waals surface area (Å²) in [4.78, 5) is 23.7. The van der Waals surface area contributed by atoms with E-state index in [-0.39, 0.29) is 28.8 Å². The highest BCUT2D eigenvalue weighted by molar-refractivity contribution is 7.16. The van der Waals surface area contributed by atoms with E-state index in [4.69, 9.17) is 16.3 Å². The van der Waals surface area contributed by atoms with E-state index < -0.39 is 17.2 Å². The number of cyclic esters (lactones) is 1. The number of esters is 1. The zero-order chi connectivity index (χ0) is 18.7. The first kappa shape index (κ1) is 17.3. The number of rotatable bonds is 4. The molecule has 2 aromatic rings. The maximum absolute atomic E-state index is 12.9. The number of thiazole rings is 1. The van der Waals surface area contributed by atoms with E-state index in [1.54, 1.807) is 0 Å². The minimum Gasteiger partial charge on any atom is -0.465 e. The van der Waals surface area contributed by atoms with Gasteiger partial charge in [0.1, 0.15) is 26.8 Å². The average molecular weight is 406 g/mol. The van der Waals surface area contributed by atoms with Crippen molar-refractivity contribution in [1.82, 2.24) is 15.0 Å². The molecular weight excluding hydrogens is 395 g/mol. The summed E-state index contributed by atoms with van der Waals surface area (Å²) < 4.78 is 43.8. The van der Waals surface area contributed by atoms with Crippen LogP contribution in [0.4, 0.5) is 29.9 Å². The number of anilines is 3. The number of ether oxygens (including phenoxy) is 1. The predicted octanol–water partition coefficient (Wildman–Crippen LogP) is 3.21. The Morgan fingerprint density at radius 1 is 1.42 bits per heavy atom. The molecule has 2 fully saturated rings. The minimum absolute atomic E-state index is 0.0710. The van der Waals surface area contributed by atoms with Gasteiger partial charge in [0.25, 0.3) is 0 Å². The van der Waals surface area contributed by atoms with E-state index in [9.17, 15) is 18.0 Å². The molecule has 3 heterocycles. The van der Waals surface area contributed by atoms with Gasteiger partial charge in [-0.25, -0.2) is 9.97 Å². The summed E-state index contributed by atoms with van der Waals surface area (Å²) in [7, 11) is 1.33. The van der Waals surface area contributed by atoms with Crippen molar-refractivity contribution in [3.8, 4) is 0 Å². The first-order valence-corrected chi connectivity index (χ1v) is 8.68. The third-order valence-electron chi connectivity index (χ3n) is 4.41. The van der Waals surface area contributed by atoms with Gasteiger partial charge in [-0.2, -0.15) is 18.2 Å². The summed E-state index contributed by atoms with van der Waals surface area (Å²) in [6.45, 7) is 0.367. The van der Waals surface area contributed by atoms with E-state index in [1.165, 1.54) is 7.05 Å². The molecule has 1 saturated heterocycles. The number of nitrogens with one attached hydrogen (secondary N) is 2. The summed E-state index contributed by atoms with van der Waals surface area (Å²) in [5.74, 6) is -0.652. The van der Waals surface area contributed by atoms with Crippen LogP contribution >= 0.6 is 22.9 Å². The van der Waals surface area contributed by atoms with Gasteiger partial charge in [0.05, 0.1) is 6.61 Å². The molecule has 2 aliphatic rings. The largest absolute Gasteiger partial charge is 0.465 e. The lowest BCUT2D eigenvalue weighted by atomic mass is 10.1. The minimum atomic E-state index is -4.57. The number of hydrogen-bond donors (Lipinski definition) is 2. The number of alkyl halides is 3. The van der Waals surface area contributed by atoms with Crippen molar-refractivity contribution in [3.05, 3.63) is 21.9 Å². The number of carbonyl (C=O) groups is 1. The highest BCUT2D eigenvalue weighted by Gasteiger charge is 2.69. The van der Waals surface area contributed by atoms with Crippen LogP contribution in [0.3, 0.4) is 0 Å². The molecule has 1 aliphatic heterocycles. The smallest absolute Gasteiger partial charge is 0.421 e. The molecule has 0 spiro atoms. The molecular formula is C14H11ClF3N5O2S. The normalized spacial score (nSPS) is 24.2. The van der Waals surface area contributed by atoms with Crippen molar-refractivity contribution >= 4 is 45.7 Å². The maximum Gasteiger partial charge on any atom is 0.421 e. The van der Waals surface area contributed by atoms with Gasteiger partial charge in [-0.1, -0.05) is 22.9 Å². The lowest BCUT2D eigenvalue weighted by Crippen LogP contribution is -2.18. The van der Waals surface area contributed by atoms with E-state index in [0.717, 1.165) is 11.3 Å². The fourth-order valence-electron chi connectivity index (χ4n) is 2.95. The second-order valence-electron chi connectivity index (χ2n) is 5.94. The van der Waals surface area contributed by atoms with Gasteiger partial charge in [-0.05, 0) is 6.42 Å². The number of hydrogen-bond acceptors (Lipinski definition) is 8. The van der Waals surface area contributed by atoms with Crippen molar-refractivity contribution in [3.63, 3.8) is 0 Å². The second-order valence-corrected chi connectivity index (χ2v) is 7.30. The standard InChI is InChI=1S/C14H11ClF3N5O2S/c1-19-8-6(14(16,17)18)3-20-12(22-8)23-9-7(15)21-10(26-9)13-2-5(13)4-25-11(13)24/h3,5H,2,4H2,1H3,(H2,19,20,22,23)/t5-,13-/m0/s1. The molecule has 2 N–H and O–H groups in total. The van der Waals surface area contributed by atoms with E-state index in [1.807, 2.05) is 0 Å². The molecule has 12 heteroatoms. The second kappa shape index (κ2) is 5.68. The Balaban J connectivity index is 1.62. The van der Waals surface area contributed by atoms with Crippen LogP contribution < -0.4 is 10.6 Å². The maximum atomic E-state index is 12.9. The predicted molar refractivity (Wildman–Crippen MR) is 87.7 cm³/mol. The van der Waals surface area contributed by atoms with Crippen molar-refractivity contribution in [2.45, 2.75) is 18.0 Å². The molecule has 0 radical (unpaired) electrons. The summed E-state index contributed by atoms with van der Waals surface area (Å²) in [6, 6.07) is 0. The Hall–Kier alpha value is -2.14. The summed E-state index contributed by atoms with van der Waals surface area (Å²) in [5, 5.41) is 6.13. The number of carbonyl (C=O) groups excluding carboxylic acids is 1. The number of aromatic nitrogens is 3. The summed E-state index contributed by atoms with van der Waals surface area (Å²) in [6.07, 6.45) is -3.23. The fourth-order valence-corrected chi connectivity index (χ4v) is 4.36. The van der Waals surface area contributed by atoms with Gasteiger partial charge in [0.2, 0.25) is 5.95 Å². The van der Waals surface area contributed by atoms with Gasteiger partial charge in [-0.15, -0.1) is 0 Å². The third kappa shape index (κ3) is 2.57. The zero-order valence-electron chi connectivity index (χ0n) is 13.1. The van der Waals surface area contributed by atoms with Crippen molar-refractivity contribution < 1.29 is 22.7 Å². The lowest BCUT2D eigenvalue weighted by molar-refractivity contribution is -0.142. The first-order valence-electron chi connectivity index (χ1n) is 7.48. The molecule has 138 valence electrons. The average Bonchev–Trinajstić information content (AvgIpc) is 3.10. The Bertz CT molecular complexity index is 905. The molecule has 1 aliphatic carbocycles. The quantitative estimate of drug-likeness (QED) is 0.755. The van der Waals surface area contributed by atoms with Crippen LogP contribution in [-0.2, 0) is 21.1 Å². The molecule has 2 aromatic heterocycles. The van der Waals surface area contributed by atoms with Crippen molar-refractivity contribution in [2.24, 2.45) is 5.92 Å². The van der Waals surface area contributed by atoms with Gasteiger partial charge in [-0.3, -0.25) is 4.79 Å². The highest BCUT2D eigenvalue weighted by atomic mass is 35.5. The Morgan fingerprint density at radius 2 is 2.19 bits per heavy atom. The Morgan fingerprint density at radius 3 is 2.77 bits per heavy atom. The van der Waals surface area contributed by atoms with Crippen LogP contribution in [-0.4, -0.2) is 34.6 Å². The molecule has 4 rings (SSSR count). The molecule has 0 unspecified atom stereocenters. The molecule has 7 nitrogen and oxygen atoms in total.